The van der Waals surface area contributed by atoms with Gasteiger partial charge >= 0.3 is 0 Å². The lowest BCUT2D eigenvalue weighted by Gasteiger charge is -2.08. The second kappa shape index (κ2) is 6.75. The van der Waals surface area contributed by atoms with Crippen molar-refractivity contribution in [3.8, 4) is 0 Å². The van der Waals surface area contributed by atoms with Gasteiger partial charge in [0.25, 0.3) is 0 Å². The van der Waals surface area contributed by atoms with E-state index in [9.17, 15) is 4.79 Å². The number of amides is 1. The first-order chi connectivity index (χ1) is 9.65. The number of carbonyl (C=O) groups excluding carboxylic acids is 1. The van der Waals surface area contributed by atoms with E-state index >= 15 is 0 Å². The molecule has 0 atom stereocenters. The molecule has 2 aromatic rings. The minimum Gasteiger partial charge on any atom is -0.356 e. The fourth-order valence-corrected chi connectivity index (χ4v) is 2.48. The molecule has 0 fully saturated rings. The topological polar surface area (TPSA) is 46.9 Å². The van der Waals surface area contributed by atoms with E-state index in [2.05, 4.69) is 33.1 Å². The molecule has 0 aliphatic carbocycles. The Hall–Kier alpha value is -1.55. The number of aryl methyl sites for hydroxylation is 3. The van der Waals surface area contributed by atoms with Crippen LogP contribution in [0.4, 0.5) is 0 Å². The number of fused-ring (bicyclic) bond motifs is 1. The summed E-state index contributed by atoms with van der Waals surface area (Å²) < 4.78 is 2.10. The number of imidazole rings is 1. The number of hydrogen-bond donors (Lipinski definition) is 1. The van der Waals surface area contributed by atoms with Gasteiger partial charge in [-0.25, -0.2) is 4.98 Å². The maximum atomic E-state index is 11.6. The van der Waals surface area contributed by atoms with Crippen molar-refractivity contribution in [1.82, 2.24) is 14.9 Å². The predicted octanol–water partition coefficient (Wildman–Crippen LogP) is 2.65. The fourth-order valence-electron chi connectivity index (χ4n) is 2.31. The van der Waals surface area contributed by atoms with Crippen molar-refractivity contribution in [2.24, 2.45) is 0 Å². The molecule has 1 aromatic heterocycles. The van der Waals surface area contributed by atoms with Gasteiger partial charge in [0.05, 0.1) is 11.0 Å². The van der Waals surface area contributed by atoms with Crippen LogP contribution in [0.15, 0.2) is 18.2 Å². The Balaban J connectivity index is 2.28. The van der Waals surface area contributed by atoms with Crippen LogP contribution in [0.1, 0.15) is 24.7 Å². The van der Waals surface area contributed by atoms with Crippen molar-refractivity contribution in [1.29, 1.82) is 0 Å². The first-order valence-corrected chi connectivity index (χ1v) is 7.47. The molecule has 0 saturated heterocycles. The molecule has 0 aliphatic heterocycles. The Morgan fingerprint density at radius 3 is 2.95 bits per heavy atom. The standard InChI is InChI=1S/C15H20ClN3O/c1-3-17-15(20)7-9-19-13-5-4-11(2)10-12(13)18-14(19)6-8-16/h4-5,10H,3,6-9H2,1-2H3,(H,17,20). The average molecular weight is 294 g/mol. The summed E-state index contributed by atoms with van der Waals surface area (Å²) in [4.78, 5) is 16.3. The van der Waals surface area contributed by atoms with Crippen LogP contribution >= 0.6 is 11.6 Å². The van der Waals surface area contributed by atoms with Gasteiger partial charge in [0.1, 0.15) is 5.82 Å². The average Bonchev–Trinajstić information content (AvgIpc) is 2.74. The molecule has 0 saturated carbocycles. The van der Waals surface area contributed by atoms with Gasteiger partial charge in [0, 0.05) is 31.8 Å². The summed E-state index contributed by atoms with van der Waals surface area (Å²) in [6.07, 6.45) is 1.17. The zero-order chi connectivity index (χ0) is 14.5. The highest BCUT2D eigenvalue weighted by Crippen LogP contribution is 2.19. The van der Waals surface area contributed by atoms with Gasteiger partial charge in [-0.1, -0.05) is 6.07 Å². The summed E-state index contributed by atoms with van der Waals surface area (Å²) in [5, 5.41) is 2.82. The first-order valence-electron chi connectivity index (χ1n) is 6.94. The van der Waals surface area contributed by atoms with Crippen LogP contribution in [0.2, 0.25) is 0 Å². The first kappa shape index (κ1) is 14.9. The molecule has 1 amide bonds. The van der Waals surface area contributed by atoms with Crippen molar-refractivity contribution in [2.45, 2.75) is 33.2 Å². The molecule has 1 N–H and O–H groups in total. The fraction of sp³-hybridized carbons (Fsp3) is 0.467. The number of aromatic nitrogens is 2. The second-order valence-corrected chi connectivity index (χ2v) is 5.19. The number of carbonyl (C=O) groups is 1. The van der Waals surface area contributed by atoms with Crippen molar-refractivity contribution in [2.75, 3.05) is 12.4 Å². The molecule has 1 aromatic carbocycles. The number of rotatable bonds is 6. The van der Waals surface area contributed by atoms with E-state index < -0.39 is 0 Å². The number of hydrogen-bond acceptors (Lipinski definition) is 2. The highest BCUT2D eigenvalue weighted by Gasteiger charge is 2.11. The lowest BCUT2D eigenvalue weighted by Crippen LogP contribution is -2.24. The number of benzene rings is 1. The van der Waals surface area contributed by atoms with E-state index in [-0.39, 0.29) is 5.91 Å². The molecule has 5 heteroatoms. The van der Waals surface area contributed by atoms with Crippen LogP contribution in [0, 0.1) is 6.92 Å². The third kappa shape index (κ3) is 3.31. The van der Waals surface area contributed by atoms with Crippen LogP contribution in [-0.2, 0) is 17.8 Å². The van der Waals surface area contributed by atoms with E-state index in [1.165, 1.54) is 5.56 Å². The summed E-state index contributed by atoms with van der Waals surface area (Å²) in [5.74, 6) is 1.55. The van der Waals surface area contributed by atoms with Crippen molar-refractivity contribution in [3.63, 3.8) is 0 Å². The van der Waals surface area contributed by atoms with Crippen molar-refractivity contribution < 1.29 is 4.79 Å². The molecule has 4 nitrogen and oxygen atoms in total. The van der Waals surface area contributed by atoms with Crippen LogP contribution < -0.4 is 5.32 Å². The van der Waals surface area contributed by atoms with Gasteiger partial charge in [0.15, 0.2) is 0 Å². The Morgan fingerprint density at radius 1 is 1.45 bits per heavy atom. The molecular formula is C15H20ClN3O. The normalized spacial score (nSPS) is 10.9. The molecule has 0 aliphatic rings. The maximum Gasteiger partial charge on any atom is 0.221 e. The molecule has 0 radical (unpaired) electrons. The molecule has 0 bridgehead atoms. The monoisotopic (exact) mass is 293 g/mol. The largest absolute Gasteiger partial charge is 0.356 e. The Bertz CT molecular complexity index is 606. The zero-order valence-corrected chi connectivity index (χ0v) is 12.7. The van der Waals surface area contributed by atoms with Gasteiger partial charge in [0.2, 0.25) is 5.91 Å². The Kier molecular flexibility index (Phi) is 5.01. The minimum absolute atomic E-state index is 0.0679. The van der Waals surface area contributed by atoms with Crippen LogP contribution in [0.3, 0.4) is 0 Å². The SMILES string of the molecule is CCNC(=O)CCn1c(CCCl)nc2cc(C)ccc21. The number of nitrogens with one attached hydrogen (secondary N) is 1. The smallest absolute Gasteiger partial charge is 0.221 e. The van der Waals surface area contributed by atoms with Gasteiger partial charge in [-0.2, -0.15) is 0 Å². The molecule has 2 rings (SSSR count). The minimum atomic E-state index is 0.0679. The Labute approximate surface area is 124 Å². The van der Waals surface area contributed by atoms with Crippen molar-refractivity contribution in [3.05, 3.63) is 29.6 Å². The summed E-state index contributed by atoms with van der Waals surface area (Å²) in [7, 11) is 0. The highest BCUT2D eigenvalue weighted by atomic mass is 35.5. The van der Waals surface area contributed by atoms with E-state index in [0.717, 1.165) is 16.9 Å². The van der Waals surface area contributed by atoms with E-state index in [4.69, 9.17) is 11.6 Å². The number of halogens is 1. The van der Waals surface area contributed by atoms with E-state index in [0.29, 0.717) is 31.8 Å². The summed E-state index contributed by atoms with van der Waals surface area (Å²) in [6, 6.07) is 6.19. The summed E-state index contributed by atoms with van der Waals surface area (Å²) >= 11 is 5.85. The Morgan fingerprint density at radius 2 is 2.25 bits per heavy atom. The molecule has 0 unspecified atom stereocenters. The van der Waals surface area contributed by atoms with Crippen LogP contribution in [-0.4, -0.2) is 27.9 Å². The molecular weight excluding hydrogens is 274 g/mol. The molecule has 108 valence electrons. The van der Waals surface area contributed by atoms with Gasteiger partial charge < -0.3 is 9.88 Å². The molecule has 1 heterocycles. The van der Waals surface area contributed by atoms with Gasteiger partial charge in [-0.15, -0.1) is 11.6 Å². The molecule has 0 spiro atoms. The van der Waals surface area contributed by atoms with E-state index in [1.807, 2.05) is 13.8 Å². The molecule has 20 heavy (non-hydrogen) atoms. The number of nitrogens with zero attached hydrogens (tertiary/aromatic N) is 2. The maximum absolute atomic E-state index is 11.6. The summed E-state index contributed by atoms with van der Waals surface area (Å²) in [6.45, 7) is 5.27. The van der Waals surface area contributed by atoms with Crippen LogP contribution in [0.5, 0.6) is 0 Å². The highest BCUT2D eigenvalue weighted by molar-refractivity contribution is 6.17. The van der Waals surface area contributed by atoms with E-state index in [1.54, 1.807) is 0 Å². The van der Waals surface area contributed by atoms with Gasteiger partial charge in [-0.3, -0.25) is 4.79 Å². The second-order valence-electron chi connectivity index (χ2n) is 4.81. The zero-order valence-electron chi connectivity index (χ0n) is 11.9. The van der Waals surface area contributed by atoms with Gasteiger partial charge in [-0.05, 0) is 31.5 Å². The third-order valence-electron chi connectivity index (χ3n) is 3.24. The van der Waals surface area contributed by atoms with Crippen molar-refractivity contribution >= 4 is 28.5 Å². The van der Waals surface area contributed by atoms with Crippen LogP contribution in [0.25, 0.3) is 11.0 Å². The number of alkyl halides is 1. The quantitative estimate of drug-likeness (QED) is 0.832. The predicted molar refractivity (Wildman–Crippen MR) is 82.2 cm³/mol. The lowest BCUT2D eigenvalue weighted by atomic mass is 10.2. The summed E-state index contributed by atoms with van der Waals surface area (Å²) in [5.41, 5.74) is 3.23. The lowest BCUT2D eigenvalue weighted by molar-refractivity contribution is -0.121. The third-order valence-corrected chi connectivity index (χ3v) is 3.43.